The summed E-state index contributed by atoms with van der Waals surface area (Å²) in [7, 11) is 0. The van der Waals surface area contributed by atoms with Gasteiger partial charge in [-0.15, -0.1) is 5.10 Å². The summed E-state index contributed by atoms with van der Waals surface area (Å²) in [6, 6.07) is 8.63. The number of hydrogen-bond acceptors (Lipinski definition) is 6. The van der Waals surface area contributed by atoms with Crippen molar-refractivity contribution >= 4 is 33.2 Å². The van der Waals surface area contributed by atoms with Gasteiger partial charge in [-0.1, -0.05) is 56.4 Å². The number of amides is 1. The van der Waals surface area contributed by atoms with Crippen LogP contribution in [0.5, 0.6) is 0 Å². The predicted octanol–water partition coefficient (Wildman–Crippen LogP) is 4.93. The fourth-order valence-corrected chi connectivity index (χ4v) is 5.01. The number of rotatable bonds is 6. The van der Waals surface area contributed by atoms with Gasteiger partial charge in [0, 0.05) is 43.7 Å². The van der Waals surface area contributed by atoms with Crippen LogP contribution in [0.3, 0.4) is 0 Å². The Morgan fingerprint density at radius 2 is 1.79 bits per heavy atom. The van der Waals surface area contributed by atoms with E-state index < -0.39 is 0 Å². The van der Waals surface area contributed by atoms with Crippen LogP contribution in [-0.2, 0) is 11.2 Å². The van der Waals surface area contributed by atoms with Gasteiger partial charge in [-0.25, -0.2) is 4.98 Å². The molecule has 2 aromatic heterocycles. The van der Waals surface area contributed by atoms with Gasteiger partial charge in [0.25, 0.3) is 0 Å². The van der Waals surface area contributed by atoms with E-state index >= 15 is 0 Å². The van der Waals surface area contributed by atoms with E-state index in [2.05, 4.69) is 76.0 Å². The minimum atomic E-state index is -0.125. The maximum absolute atomic E-state index is 12.4. The molecule has 0 aliphatic carbocycles. The summed E-state index contributed by atoms with van der Waals surface area (Å²) in [5.41, 5.74) is 3.22. The largest absolute Gasteiger partial charge is 0.364 e. The van der Waals surface area contributed by atoms with Crippen LogP contribution in [0.2, 0.25) is 0 Å². The first-order valence-electron chi connectivity index (χ1n) is 11.9. The number of piperazine rings is 1. The Morgan fingerprint density at radius 3 is 2.36 bits per heavy atom. The quantitative estimate of drug-likeness (QED) is 0.556. The van der Waals surface area contributed by atoms with Crippen molar-refractivity contribution < 1.29 is 4.79 Å². The van der Waals surface area contributed by atoms with Crippen LogP contribution in [-0.4, -0.2) is 57.1 Å². The zero-order valence-corrected chi connectivity index (χ0v) is 21.5. The van der Waals surface area contributed by atoms with Crippen LogP contribution in [0.1, 0.15) is 53.5 Å². The standard InChI is InChI=1S/C25H36N6OS/c1-7-18-8-10-19(11-9-18)21-22(27-25(4,5)6)31-23(26-21)33-24(28-31)30-14-12-29(13-15-30)20(32)16-17(2)3/h8-11,17,27H,7,12-16H2,1-6H3. The Morgan fingerprint density at radius 1 is 1.12 bits per heavy atom. The second-order valence-corrected chi connectivity index (χ2v) is 11.2. The van der Waals surface area contributed by atoms with E-state index in [9.17, 15) is 4.79 Å². The smallest absolute Gasteiger partial charge is 0.222 e. The van der Waals surface area contributed by atoms with Crippen molar-refractivity contribution in [2.45, 2.75) is 59.9 Å². The zero-order chi connectivity index (χ0) is 23.8. The van der Waals surface area contributed by atoms with E-state index in [0.717, 1.165) is 59.8 Å². The van der Waals surface area contributed by atoms with Crippen molar-refractivity contribution in [3.63, 3.8) is 0 Å². The number of anilines is 2. The van der Waals surface area contributed by atoms with Crippen molar-refractivity contribution in [3.8, 4) is 11.3 Å². The molecule has 178 valence electrons. The van der Waals surface area contributed by atoms with E-state index in [4.69, 9.17) is 10.1 Å². The summed E-state index contributed by atoms with van der Waals surface area (Å²) in [4.78, 5) is 22.5. The summed E-state index contributed by atoms with van der Waals surface area (Å²) in [6.07, 6.45) is 1.64. The molecule has 0 unspecified atom stereocenters. The molecule has 0 atom stereocenters. The van der Waals surface area contributed by atoms with Crippen molar-refractivity contribution in [2.24, 2.45) is 5.92 Å². The Bertz CT molecular complexity index is 1100. The van der Waals surface area contributed by atoms with Gasteiger partial charge in [0.05, 0.1) is 0 Å². The van der Waals surface area contributed by atoms with Gasteiger partial charge in [0.1, 0.15) is 5.69 Å². The molecule has 1 N–H and O–H groups in total. The van der Waals surface area contributed by atoms with Crippen LogP contribution >= 0.6 is 11.3 Å². The second kappa shape index (κ2) is 9.33. The van der Waals surface area contributed by atoms with Gasteiger partial charge >= 0.3 is 0 Å². The van der Waals surface area contributed by atoms with E-state index in [1.54, 1.807) is 11.3 Å². The number of carbonyl (C=O) groups is 1. The molecule has 3 aromatic rings. The third kappa shape index (κ3) is 5.32. The number of aryl methyl sites for hydroxylation is 1. The fourth-order valence-electron chi connectivity index (χ4n) is 4.06. The predicted molar refractivity (Wildman–Crippen MR) is 137 cm³/mol. The van der Waals surface area contributed by atoms with Gasteiger partial charge < -0.3 is 15.1 Å². The number of benzene rings is 1. The molecule has 7 nitrogen and oxygen atoms in total. The maximum Gasteiger partial charge on any atom is 0.222 e. The number of imidazole rings is 1. The minimum Gasteiger partial charge on any atom is -0.364 e. The van der Waals surface area contributed by atoms with Gasteiger partial charge in [0.2, 0.25) is 16.0 Å². The van der Waals surface area contributed by atoms with Crippen LogP contribution in [0, 0.1) is 5.92 Å². The molecule has 3 heterocycles. The van der Waals surface area contributed by atoms with Gasteiger partial charge in [-0.2, -0.15) is 4.52 Å². The van der Waals surface area contributed by atoms with Crippen LogP contribution in [0.15, 0.2) is 24.3 Å². The number of fused-ring (bicyclic) bond motifs is 1. The summed E-state index contributed by atoms with van der Waals surface area (Å²) in [5, 5.41) is 9.54. The van der Waals surface area contributed by atoms with Crippen molar-refractivity contribution in [1.29, 1.82) is 0 Å². The lowest BCUT2D eigenvalue weighted by Gasteiger charge is -2.34. The lowest BCUT2D eigenvalue weighted by Crippen LogP contribution is -2.49. The summed E-state index contributed by atoms with van der Waals surface area (Å²) >= 11 is 1.61. The molecular weight excluding hydrogens is 432 g/mol. The second-order valence-electron chi connectivity index (χ2n) is 10.3. The van der Waals surface area contributed by atoms with Gasteiger partial charge in [-0.3, -0.25) is 4.79 Å². The molecule has 1 fully saturated rings. The highest BCUT2D eigenvalue weighted by Gasteiger charge is 2.26. The summed E-state index contributed by atoms with van der Waals surface area (Å²) < 4.78 is 1.95. The zero-order valence-electron chi connectivity index (χ0n) is 20.7. The molecule has 33 heavy (non-hydrogen) atoms. The Balaban J connectivity index is 1.59. The Labute approximate surface area is 200 Å². The molecule has 0 bridgehead atoms. The topological polar surface area (TPSA) is 65.8 Å². The van der Waals surface area contributed by atoms with Crippen LogP contribution in [0.25, 0.3) is 16.2 Å². The number of nitrogens with one attached hydrogen (secondary N) is 1. The molecule has 1 amide bonds. The average molecular weight is 469 g/mol. The minimum absolute atomic E-state index is 0.125. The molecule has 4 rings (SSSR count). The molecular formula is C25H36N6OS. The van der Waals surface area contributed by atoms with Crippen LogP contribution < -0.4 is 10.2 Å². The first kappa shape index (κ1) is 23.5. The molecule has 8 heteroatoms. The summed E-state index contributed by atoms with van der Waals surface area (Å²) in [5.74, 6) is 1.58. The highest BCUT2D eigenvalue weighted by molar-refractivity contribution is 7.20. The molecule has 1 aromatic carbocycles. The molecule has 0 saturated carbocycles. The van der Waals surface area contributed by atoms with E-state index in [1.165, 1.54) is 5.56 Å². The molecule has 1 aliphatic rings. The molecule has 0 radical (unpaired) electrons. The number of aromatic nitrogens is 3. The van der Waals surface area contributed by atoms with Crippen molar-refractivity contribution in [3.05, 3.63) is 29.8 Å². The summed E-state index contributed by atoms with van der Waals surface area (Å²) in [6.45, 7) is 15.9. The third-order valence-corrected chi connectivity index (χ3v) is 6.78. The van der Waals surface area contributed by atoms with Crippen molar-refractivity contribution in [1.82, 2.24) is 19.5 Å². The van der Waals surface area contributed by atoms with Gasteiger partial charge in [0.15, 0.2) is 5.82 Å². The SMILES string of the molecule is CCc1ccc(-c2nc3sc(N4CCN(C(=O)CC(C)C)CC4)nn3c2NC(C)(C)C)cc1. The number of nitrogens with zero attached hydrogens (tertiary/aromatic N) is 5. The van der Waals surface area contributed by atoms with E-state index in [0.29, 0.717) is 12.3 Å². The highest BCUT2D eigenvalue weighted by Crippen LogP contribution is 2.35. The molecule has 1 aliphatic heterocycles. The number of carbonyl (C=O) groups excluding carboxylic acids is 1. The maximum atomic E-state index is 12.4. The first-order valence-corrected chi connectivity index (χ1v) is 12.8. The Hall–Kier alpha value is -2.61. The van der Waals surface area contributed by atoms with Gasteiger partial charge in [-0.05, 0) is 38.7 Å². The first-order chi connectivity index (χ1) is 15.6. The van der Waals surface area contributed by atoms with E-state index in [1.807, 2.05) is 9.42 Å². The van der Waals surface area contributed by atoms with Crippen molar-refractivity contribution in [2.75, 3.05) is 36.4 Å². The molecule has 1 saturated heterocycles. The third-order valence-electron chi connectivity index (χ3n) is 5.81. The monoisotopic (exact) mass is 468 g/mol. The van der Waals surface area contributed by atoms with E-state index in [-0.39, 0.29) is 11.4 Å². The molecule has 0 spiro atoms. The normalized spacial score (nSPS) is 15.0. The average Bonchev–Trinajstić information content (AvgIpc) is 3.32. The lowest BCUT2D eigenvalue weighted by molar-refractivity contribution is -0.132. The van der Waals surface area contributed by atoms with Crippen LogP contribution in [0.4, 0.5) is 10.9 Å². The fraction of sp³-hybridized carbons (Fsp3) is 0.560. The lowest BCUT2D eigenvalue weighted by atomic mass is 10.1. The Kier molecular flexibility index (Phi) is 6.66. The highest BCUT2D eigenvalue weighted by atomic mass is 32.1. The number of hydrogen-bond donors (Lipinski definition) is 1.